The van der Waals surface area contributed by atoms with Gasteiger partial charge in [0.25, 0.3) is 0 Å². The number of aromatic nitrogens is 2. The number of H-pyrrole nitrogens is 1. The minimum Gasteiger partial charge on any atom is -0.339 e. The van der Waals surface area contributed by atoms with Crippen LogP contribution < -0.4 is 5.32 Å². The number of imidazole rings is 1. The molecule has 0 aliphatic carbocycles. The molecule has 2 aromatic rings. The first-order chi connectivity index (χ1) is 7.70. The van der Waals surface area contributed by atoms with Gasteiger partial charge in [0.05, 0.1) is 5.69 Å². The zero-order valence-electron chi connectivity index (χ0n) is 9.34. The minimum absolute atomic E-state index is 0.532. The highest BCUT2D eigenvalue weighted by Crippen LogP contribution is 2.21. The lowest BCUT2D eigenvalue weighted by Crippen LogP contribution is -2.05. The number of benzene rings is 1. The standard InChI is InChI=1S/C12H14ClN3/c1-8-3-5-9(6-4-8)12-15-10(7-14-2)11(13)16-12/h3-6,14H,7H2,1-2H3,(H,15,16). The summed E-state index contributed by atoms with van der Waals surface area (Å²) in [5.41, 5.74) is 3.20. The molecule has 0 unspecified atom stereocenters. The lowest BCUT2D eigenvalue weighted by molar-refractivity contribution is 0.798. The Hall–Kier alpha value is -1.32. The number of aromatic amines is 1. The van der Waals surface area contributed by atoms with Crippen LogP contribution in [-0.4, -0.2) is 17.0 Å². The molecule has 0 radical (unpaired) electrons. The zero-order chi connectivity index (χ0) is 11.5. The highest BCUT2D eigenvalue weighted by molar-refractivity contribution is 6.30. The third kappa shape index (κ3) is 2.26. The molecule has 4 heteroatoms. The van der Waals surface area contributed by atoms with E-state index < -0.39 is 0 Å². The molecule has 0 saturated heterocycles. The fraction of sp³-hybridized carbons (Fsp3) is 0.250. The highest BCUT2D eigenvalue weighted by Gasteiger charge is 2.08. The summed E-state index contributed by atoms with van der Waals surface area (Å²) in [7, 11) is 1.88. The maximum absolute atomic E-state index is 6.02. The number of hydrogen-bond donors (Lipinski definition) is 2. The van der Waals surface area contributed by atoms with Crippen LogP contribution in [0.1, 0.15) is 11.3 Å². The lowest BCUT2D eigenvalue weighted by atomic mass is 10.1. The molecule has 0 spiro atoms. The summed E-state index contributed by atoms with van der Waals surface area (Å²) in [6, 6.07) is 8.19. The average Bonchev–Trinajstić information content (AvgIpc) is 2.62. The van der Waals surface area contributed by atoms with Crippen molar-refractivity contribution in [2.24, 2.45) is 0 Å². The Balaban J connectivity index is 2.33. The van der Waals surface area contributed by atoms with Crippen LogP contribution >= 0.6 is 11.6 Å². The molecule has 0 saturated carbocycles. The van der Waals surface area contributed by atoms with Crippen LogP contribution in [0.3, 0.4) is 0 Å². The first kappa shape index (κ1) is 11.2. The molecule has 1 aromatic heterocycles. The van der Waals surface area contributed by atoms with Crippen molar-refractivity contribution in [1.82, 2.24) is 15.3 Å². The van der Waals surface area contributed by atoms with Gasteiger partial charge in [-0.25, -0.2) is 4.98 Å². The van der Waals surface area contributed by atoms with E-state index in [9.17, 15) is 0 Å². The number of halogens is 1. The molecule has 1 aromatic carbocycles. The Morgan fingerprint density at radius 1 is 1.31 bits per heavy atom. The molecule has 84 valence electrons. The van der Waals surface area contributed by atoms with E-state index in [4.69, 9.17) is 11.6 Å². The zero-order valence-corrected chi connectivity index (χ0v) is 10.1. The second kappa shape index (κ2) is 4.68. The first-order valence-corrected chi connectivity index (χ1v) is 5.54. The van der Waals surface area contributed by atoms with Crippen LogP contribution in [-0.2, 0) is 6.54 Å². The van der Waals surface area contributed by atoms with Gasteiger partial charge >= 0.3 is 0 Å². The summed E-state index contributed by atoms with van der Waals surface area (Å²) < 4.78 is 0. The molecule has 2 N–H and O–H groups in total. The summed E-state index contributed by atoms with van der Waals surface area (Å²) >= 11 is 6.02. The fourth-order valence-electron chi connectivity index (χ4n) is 1.53. The quantitative estimate of drug-likeness (QED) is 0.859. The molecule has 16 heavy (non-hydrogen) atoms. The van der Waals surface area contributed by atoms with Crippen molar-refractivity contribution in [2.45, 2.75) is 13.5 Å². The van der Waals surface area contributed by atoms with Gasteiger partial charge in [-0.2, -0.15) is 0 Å². The summed E-state index contributed by atoms with van der Waals surface area (Å²) in [5.74, 6) is 0.815. The van der Waals surface area contributed by atoms with Gasteiger partial charge in [-0.3, -0.25) is 0 Å². The van der Waals surface area contributed by atoms with Crippen LogP contribution in [0.2, 0.25) is 5.15 Å². The normalized spacial score (nSPS) is 10.7. The van der Waals surface area contributed by atoms with E-state index in [-0.39, 0.29) is 0 Å². The van der Waals surface area contributed by atoms with Crippen molar-refractivity contribution in [1.29, 1.82) is 0 Å². The van der Waals surface area contributed by atoms with E-state index in [1.165, 1.54) is 5.56 Å². The monoisotopic (exact) mass is 235 g/mol. The Morgan fingerprint density at radius 2 is 2.00 bits per heavy atom. The molecule has 0 fully saturated rings. The topological polar surface area (TPSA) is 40.7 Å². The highest BCUT2D eigenvalue weighted by atomic mass is 35.5. The van der Waals surface area contributed by atoms with Crippen molar-refractivity contribution in [3.8, 4) is 11.4 Å². The predicted molar refractivity (Wildman–Crippen MR) is 66.5 cm³/mol. The van der Waals surface area contributed by atoms with Crippen LogP contribution in [0, 0.1) is 6.92 Å². The van der Waals surface area contributed by atoms with Gasteiger partial charge in [-0.15, -0.1) is 0 Å². The number of nitrogens with one attached hydrogen (secondary N) is 2. The van der Waals surface area contributed by atoms with Crippen LogP contribution in [0.5, 0.6) is 0 Å². The molecule has 1 heterocycles. The molecule has 3 nitrogen and oxygen atoms in total. The average molecular weight is 236 g/mol. The predicted octanol–water partition coefficient (Wildman–Crippen LogP) is 2.76. The number of rotatable bonds is 3. The molecular weight excluding hydrogens is 222 g/mol. The van der Waals surface area contributed by atoms with Gasteiger partial charge < -0.3 is 10.3 Å². The lowest BCUT2D eigenvalue weighted by Gasteiger charge is -1.97. The summed E-state index contributed by atoms with van der Waals surface area (Å²) in [6.45, 7) is 2.75. The summed E-state index contributed by atoms with van der Waals surface area (Å²) in [5, 5.41) is 3.58. The fourth-order valence-corrected chi connectivity index (χ4v) is 1.73. The Labute approximate surface area is 99.9 Å². The van der Waals surface area contributed by atoms with E-state index >= 15 is 0 Å². The van der Waals surface area contributed by atoms with Crippen LogP contribution in [0.4, 0.5) is 0 Å². The SMILES string of the molecule is CNCc1[nH]c(-c2ccc(C)cc2)nc1Cl. The molecule has 0 atom stereocenters. The number of hydrogen-bond acceptors (Lipinski definition) is 2. The van der Waals surface area contributed by atoms with E-state index in [0.717, 1.165) is 17.1 Å². The van der Waals surface area contributed by atoms with E-state index in [0.29, 0.717) is 11.7 Å². The molecule has 0 bridgehead atoms. The summed E-state index contributed by atoms with van der Waals surface area (Å²) in [4.78, 5) is 7.51. The third-order valence-electron chi connectivity index (χ3n) is 2.41. The maximum atomic E-state index is 6.02. The number of nitrogens with zero attached hydrogens (tertiary/aromatic N) is 1. The van der Waals surface area contributed by atoms with Crippen LogP contribution in [0.25, 0.3) is 11.4 Å². The minimum atomic E-state index is 0.532. The van der Waals surface area contributed by atoms with E-state index in [1.807, 2.05) is 19.2 Å². The summed E-state index contributed by atoms with van der Waals surface area (Å²) in [6.07, 6.45) is 0. The van der Waals surface area contributed by atoms with Crippen molar-refractivity contribution < 1.29 is 0 Å². The first-order valence-electron chi connectivity index (χ1n) is 5.16. The van der Waals surface area contributed by atoms with Crippen molar-refractivity contribution >= 4 is 11.6 Å². The van der Waals surface area contributed by atoms with E-state index in [2.05, 4.69) is 34.3 Å². The number of aryl methyl sites for hydroxylation is 1. The second-order valence-electron chi connectivity index (χ2n) is 3.75. The second-order valence-corrected chi connectivity index (χ2v) is 4.11. The molecule has 0 aliphatic heterocycles. The Kier molecular flexibility index (Phi) is 3.27. The van der Waals surface area contributed by atoms with Gasteiger partial charge in [0, 0.05) is 12.1 Å². The van der Waals surface area contributed by atoms with Crippen LogP contribution in [0.15, 0.2) is 24.3 Å². The molecule has 2 rings (SSSR count). The van der Waals surface area contributed by atoms with Crippen molar-refractivity contribution in [3.63, 3.8) is 0 Å². The van der Waals surface area contributed by atoms with Crippen molar-refractivity contribution in [2.75, 3.05) is 7.05 Å². The van der Waals surface area contributed by atoms with Gasteiger partial charge in [-0.1, -0.05) is 41.4 Å². The van der Waals surface area contributed by atoms with Gasteiger partial charge in [0.1, 0.15) is 5.82 Å². The smallest absolute Gasteiger partial charge is 0.152 e. The Bertz CT molecular complexity index is 474. The van der Waals surface area contributed by atoms with Gasteiger partial charge in [0.15, 0.2) is 5.15 Å². The molecular formula is C12H14ClN3. The van der Waals surface area contributed by atoms with E-state index in [1.54, 1.807) is 0 Å². The molecule has 0 amide bonds. The van der Waals surface area contributed by atoms with Gasteiger partial charge in [0.2, 0.25) is 0 Å². The Morgan fingerprint density at radius 3 is 2.62 bits per heavy atom. The van der Waals surface area contributed by atoms with Gasteiger partial charge in [-0.05, 0) is 14.0 Å². The third-order valence-corrected chi connectivity index (χ3v) is 2.72. The van der Waals surface area contributed by atoms with Crippen molar-refractivity contribution in [3.05, 3.63) is 40.7 Å². The maximum Gasteiger partial charge on any atom is 0.152 e. The molecule has 0 aliphatic rings. The largest absolute Gasteiger partial charge is 0.339 e.